The summed E-state index contributed by atoms with van der Waals surface area (Å²) in [6, 6.07) is 5.59. The summed E-state index contributed by atoms with van der Waals surface area (Å²) in [6.07, 6.45) is 2.22. The van der Waals surface area contributed by atoms with Gasteiger partial charge in [0.1, 0.15) is 17.8 Å². The maximum absolute atomic E-state index is 8.80. The Morgan fingerprint density at radius 2 is 2.21 bits per heavy atom. The Kier molecular flexibility index (Phi) is 3.28. The average molecular weight is 189 g/mol. The van der Waals surface area contributed by atoms with E-state index in [0.29, 0.717) is 17.7 Å². The van der Waals surface area contributed by atoms with Gasteiger partial charge < -0.3 is 9.67 Å². The number of nitrogens with zero attached hydrogens (tertiary/aromatic N) is 3. The van der Waals surface area contributed by atoms with Gasteiger partial charge in [-0.1, -0.05) is 0 Å². The molecule has 0 amide bonds. The second-order valence-electron chi connectivity index (χ2n) is 3.11. The minimum Gasteiger partial charge on any atom is -0.396 e. The summed E-state index contributed by atoms with van der Waals surface area (Å²) >= 11 is 0. The largest absolute Gasteiger partial charge is 0.396 e. The van der Waals surface area contributed by atoms with E-state index in [2.05, 4.69) is 0 Å². The zero-order chi connectivity index (χ0) is 10.6. The number of hydrogen-bond donors (Lipinski definition) is 1. The fourth-order valence-corrected chi connectivity index (χ4v) is 1.32. The van der Waals surface area contributed by atoms with Crippen LogP contribution in [-0.2, 0) is 0 Å². The molecule has 1 N–H and O–H groups in total. The van der Waals surface area contributed by atoms with Gasteiger partial charge in [-0.05, 0) is 19.4 Å². The maximum Gasteiger partial charge on any atom is 0.121 e. The Morgan fingerprint density at radius 3 is 2.71 bits per heavy atom. The lowest BCUT2D eigenvalue weighted by Crippen LogP contribution is -2.07. The van der Waals surface area contributed by atoms with E-state index in [0.717, 1.165) is 0 Å². The highest BCUT2D eigenvalue weighted by atomic mass is 16.3. The molecule has 72 valence electrons. The second kappa shape index (κ2) is 4.45. The molecule has 0 saturated carbocycles. The molecule has 1 unspecified atom stereocenters. The Labute approximate surface area is 82.6 Å². The number of rotatable bonds is 3. The molecule has 0 radical (unpaired) electrons. The van der Waals surface area contributed by atoms with Crippen molar-refractivity contribution in [3.8, 4) is 12.1 Å². The van der Waals surface area contributed by atoms with Crippen LogP contribution in [0.3, 0.4) is 0 Å². The van der Waals surface area contributed by atoms with E-state index in [9.17, 15) is 0 Å². The van der Waals surface area contributed by atoms with Crippen LogP contribution in [0.2, 0.25) is 0 Å². The molecule has 1 aromatic rings. The van der Waals surface area contributed by atoms with Crippen molar-refractivity contribution in [3.05, 3.63) is 23.5 Å². The second-order valence-corrected chi connectivity index (χ2v) is 3.11. The summed E-state index contributed by atoms with van der Waals surface area (Å²) in [4.78, 5) is 0. The van der Waals surface area contributed by atoms with Crippen molar-refractivity contribution in [2.75, 3.05) is 6.61 Å². The van der Waals surface area contributed by atoms with Crippen LogP contribution in [0.1, 0.15) is 30.6 Å². The van der Waals surface area contributed by atoms with E-state index in [1.807, 2.05) is 19.1 Å². The fourth-order valence-electron chi connectivity index (χ4n) is 1.32. The summed E-state index contributed by atoms with van der Waals surface area (Å²) in [7, 11) is 0. The van der Waals surface area contributed by atoms with Gasteiger partial charge >= 0.3 is 0 Å². The SMILES string of the molecule is CC(CCO)n1cc(C#N)cc1C#N. The lowest BCUT2D eigenvalue weighted by molar-refractivity contribution is 0.262. The lowest BCUT2D eigenvalue weighted by atomic mass is 10.2. The van der Waals surface area contributed by atoms with E-state index in [4.69, 9.17) is 15.6 Å². The van der Waals surface area contributed by atoms with Crippen molar-refractivity contribution in [1.29, 1.82) is 10.5 Å². The molecule has 0 saturated heterocycles. The summed E-state index contributed by atoms with van der Waals surface area (Å²) in [5, 5.41) is 26.2. The van der Waals surface area contributed by atoms with Crippen molar-refractivity contribution in [2.45, 2.75) is 19.4 Å². The van der Waals surface area contributed by atoms with Crippen molar-refractivity contribution in [2.24, 2.45) is 0 Å². The van der Waals surface area contributed by atoms with Crippen LogP contribution >= 0.6 is 0 Å². The molecule has 4 heteroatoms. The first-order chi connectivity index (χ1) is 6.72. The summed E-state index contributed by atoms with van der Waals surface area (Å²) in [5.74, 6) is 0. The molecule has 1 aromatic heterocycles. The van der Waals surface area contributed by atoms with Crippen molar-refractivity contribution >= 4 is 0 Å². The van der Waals surface area contributed by atoms with Crippen molar-refractivity contribution in [3.63, 3.8) is 0 Å². The summed E-state index contributed by atoms with van der Waals surface area (Å²) in [6.45, 7) is 1.98. The summed E-state index contributed by atoms with van der Waals surface area (Å²) < 4.78 is 1.72. The molecule has 0 spiro atoms. The average Bonchev–Trinajstić information content (AvgIpc) is 2.61. The predicted molar refractivity (Wildman–Crippen MR) is 50.3 cm³/mol. The number of nitriles is 2. The minimum absolute atomic E-state index is 0.0387. The van der Waals surface area contributed by atoms with Crippen LogP contribution in [0, 0.1) is 22.7 Å². The molecule has 0 aliphatic heterocycles. The molecule has 1 atom stereocenters. The molecule has 1 heterocycles. The Bertz CT molecular complexity index is 394. The van der Waals surface area contributed by atoms with E-state index in [-0.39, 0.29) is 12.6 Å². The minimum atomic E-state index is 0.0387. The third-order valence-electron chi connectivity index (χ3n) is 2.11. The highest BCUT2D eigenvalue weighted by molar-refractivity contribution is 5.36. The molecule has 0 aromatic carbocycles. The monoisotopic (exact) mass is 189 g/mol. The molecular weight excluding hydrogens is 178 g/mol. The molecule has 0 fully saturated rings. The van der Waals surface area contributed by atoms with Gasteiger partial charge in [0.25, 0.3) is 0 Å². The standard InChI is InChI=1S/C10H11N3O/c1-8(2-3-14)13-7-9(5-11)4-10(13)6-12/h4,7-8,14H,2-3H2,1H3. The van der Waals surface area contributed by atoms with Crippen molar-refractivity contribution in [1.82, 2.24) is 4.57 Å². The van der Waals surface area contributed by atoms with Crippen LogP contribution < -0.4 is 0 Å². The molecule has 0 aliphatic rings. The topological polar surface area (TPSA) is 72.7 Å². The normalized spacial score (nSPS) is 11.7. The van der Waals surface area contributed by atoms with Gasteiger partial charge in [-0.25, -0.2) is 0 Å². The first-order valence-electron chi connectivity index (χ1n) is 4.36. The smallest absolute Gasteiger partial charge is 0.121 e. The number of aromatic nitrogens is 1. The Hall–Kier alpha value is -1.78. The number of aliphatic hydroxyl groups is 1. The molecule has 1 rings (SSSR count). The quantitative estimate of drug-likeness (QED) is 0.775. The third-order valence-corrected chi connectivity index (χ3v) is 2.11. The predicted octanol–water partition coefficient (Wildman–Crippen LogP) is 1.17. The zero-order valence-corrected chi connectivity index (χ0v) is 7.94. The third kappa shape index (κ3) is 1.93. The highest BCUT2D eigenvalue weighted by Gasteiger charge is 2.10. The number of aliphatic hydroxyl groups excluding tert-OH is 1. The van der Waals surface area contributed by atoms with E-state index in [1.165, 1.54) is 0 Å². The van der Waals surface area contributed by atoms with Gasteiger partial charge in [0.15, 0.2) is 0 Å². The van der Waals surface area contributed by atoms with Crippen LogP contribution in [-0.4, -0.2) is 16.3 Å². The highest BCUT2D eigenvalue weighted by Crippen LogP contribution is 2.16. The van der Waals surface area contributed by atoms with Gasteiger partial charge in [0.05, 0.1) is 5.56 Å². The molecule has 14 heavy (non-hydrogen) atoms. The first-order valence-corrected chi connectivity index (χ1v) is 4.36. The van der Waals surface area contributed by atoms with Gasteiger partial charge in [-0.15, -0.1) is 0 Å². The first kappa shape index (κ1) is 10.3. The molecule has 4 nitrogen and oxygen atoms in total. The van der Waals surface area contributed by atoms with Crippen LogP contribution in [0.25, 0.3) is 0 Å². The van der Waals surface area contributed by atoms with Crippen LogP contribution in [0.4, 0.5) is 0 Å². The summed E-state index contributed by atoms with van der Waals surface area (Å²) in [5.41, 5.74) is 0.939. The van der Waals surface area contributed by atoms with E-state index < -0.39 is 0 Å². The Balaban J connectivity index is 3.02. The van der Waals surface area contributed by atoms with Gasteiger partial charge in [0.2, 0.25) is 0 Å². The van der Waals surface area contributed by atoms with E-state index >= 15 is 0 Å². The number of hydrogen-bond acceptors (Lipinski definition) is 3. The van der Waals surface area contributed by atoms with Gasteiger partial charge in [0, 0.05) is 18.8 Å². The fraction of sp³-hybridized carbons (Fsp3) is 0.400. The maximum atomic E-state index is 8.80. The molecule has 0 aliphatic carbocycles. The van der Waals surface area contributed by atoms with Gasteiger partial charge in [-0.3, -0.25) is 0 Å². The van der Waals surface area contributed by atoms with Crippen molar-refractivity contribution < 1.29 is 5.11 Å². The van der Waals surface area contributed by atoms with Crippen LogP contribution in [0.5, 0.6) is 0 Å². The molecule has 0 bridgehead atoms. The Morgan fingerprint density at radius 1 is 1.50 bits per heavy atom. The zero-order valence-electron chi connectivity index (χ0n) is 7.94. The lowest BCUT2D eigenvalue weighted by Gasteiger charge is -2.12. The molecular formula is C10H11N3O. The van der Waals surface area contributed by atoms with Crippen LogP contribution in [0.15, 0.2) is 12.3 Å². The van der Waals surface area contributed by atoms with Gasteiger partial charge in [-0.2, -0.15) is 10.5 Å². The van der Waals surface area contributed by atoms with E-state index in [1.54, 1.807) is 16.8 Å².